The van der Waals surface area contributed by atoms with Crippen molar-refractivity contribution in [2.24, 2.45) is 10.2 Å². The Kier molecular flexibility index (Phi) is 8.14. The van der Waals surface area contributed by atoms with Crippen LogP contribution in [0, 0.1) is 11.3 Å². The first kappa shape index (κ1) is 25.8. The Balaban J connectivity index is 1.63. The molecule has 0 spiro atoms. The first-order valence-corrected chi connectivity index (χ1v) is 11.6. The molecular weight excluding hydrogens is 472 g/mol. The minimum atomic E-state index is -0.636. The molecule has 11 nitrogen and oxygen atoms in total. The van der Waals surface area contributed by atoms with Crippen molar-refractivity contribution in [1.29, 1.82) is 5.26 Å². The van der Waals surface area contributed by atoms with Gasteiger partial charge in [0.1, 0.15) is 11.7 Å². The number of anilines is 1. The summed E-state index contributed by atoms with van der Waals surface area (Å²) in [5, 5.41) is 20.3. The van der Waals surface area contributed by atoms with Gasteiger partial charge in [-0.3, -0.25) is 10.1 Å². The second-order valence-corrected chi connectivity index (χ2v) is 9.61. The predicted octanol–water partition coefficient (Wildman–Crippen LogP) is 2.23. The summed E-state index contributed by atoms with van der Waals surface area (Å²) in [5.41, 5.74) is 1.35. The summed E-state index contributed by atoms with van der Waals surface area (Å²) in [7, 11) is 1.22. The van der Waals surface area contributed by atoms with Crippen LogP contribution in [0.4, 0.5) is 10.5 Å². The lowest BCUT2D eigenvalue weighted by Gasteiger charge is -2.37. The van der Waals surface area contributed by atoms with Gasteiger partial charge in [0, 0.05) is 32.3 Å². The number of carbonyl (C=O) groups excluding carboxylic acids is 3. The molecule has 0 radical (unpaired) electrons. The highest BCUT2D eigenvalue weighted by atomic mass is 32.2. The van der Waals surface area contributed by atoms with E-state index in [1.807, 2.05) is 32.9 Å². The van der Waals surface area contributed by atoms with Crippen LogP contribution in [0.15, 0.2) is 39.4 Å². The van der Waals surface area contributed by atoms with E-state index in [4.69, 9.17) is 4.74 Å². The topological polar surface area (TPSA) is 137 Å². The van der Waals surface area contributed by atoms with Crippen LogP contribution in [-0.2, 0) is 19.1 Å². The van der Waals surface area contributed by atoms with Crippen LogP contribution in [0.25, 0.3) is 0 Å². The number of nitrogens with zero attached hydrogens (tertiary/aromatic N) is 5. The van der Waals surface area contributed by atoms with Crippen molar-refractivity contribution in [2.45, 2.75) is 26.4 Å². The van der Waals surface area contributed by atoms with Gasteiger partial charge in [-0.05, 0) is 50.2 Å². The smallest absolute Gasteiger partial charge is 0.410 e. The normalized spacial score (nSPS) is 18.7. The molecule has 0 bridgehead atoms. The highest BCUT2D eigenvalue weighted by Gasteiger charge is 2.27. The standard InChI is InChI=1S/C23H26N6O5S/c1-23(2,3)34-22(32)29-9-7-28(8-10-29)17-6-5-15(11-16(17)13-24)14-25-27-21-26-20(31)18(35-21)12-19(30)33-4/h5-6,11-12,14H,7-10H2,1-4H3,(H,26,27,31)/b18-12+,25-14?. The molecule has 184 valence electrons. The van der Waals surface area contributed by atoms with Crippen molar-refractivity contribution in [2.75, 3.05) is 38.2 Å². The molecular formula is C23H26N6O5S. The fourth-order valence-corrected chi connectivity index (χ4v) is 3.98. The summed E-state index contributed by atoms with van der Waals surface area (Å²) < 4.78 is 9.94. The summed E-state index contributed by atoms with van der Waals surface area (Å²) in [5.74, 6) is -1.10. The summed E-state index contributed by atoms with van der Waals surface area (Å²) in [6.07, 6.45) is 2.21. The van der Waals surface area contributed by atoms with Gasteiger partial charge >= 0.3 is 12.1 Å². The number of nitrogens with one attached hydrogen (secondary N) is 1. The lowest BCUT2D eigenvalue weighted by Crippen LogP contribution is -2.50. The average molecular weight is 499 g/mol. The molecule has 0 aromatic heterocycles. The van der Waals surface area contributed by atoms with E-state index < -0.39 is 17.5 Å². The van der Waals surface area contributed by atoms with Crippen LogP contribution in [-0.4, -0.2) is 73.1 Å². The second kappa shape index (κ2) is 11.1. The molecule has 2 aliphatic heterocycles. The highest BCUT2D eigenvalue weighted by molar-refractivity contribution is 8.18. The maximum atomic E-state index is 12.3. The molecule has 2 fully saturated rings. The first-order chi connectivity index (χ1) is 16.6. The minimum absolute atomic E-state index is 0.161. The van der Waals surface area contributed by atoms with Gasteiger partial charge in [0.25, 0.3) is 5.91 Å². The first-order valence-electron chi connectivity index (χ1n) is 10.8. The average Bonchev–Trinajstić information content (AvgIpc) is 3.16. The van der Waals surface area contributed by atoms with E-state index in [1.165, 1.54) is 13.3 Å². The lowest BCUT2D eigenvalue weighted by atomic mass is 10.1. The fraction of sp³-hybridized carbons (Fsp3) is 0.391. The van der Waals surface area contributed by atoms with E-state index in [2.05, 4.69) is 31.2 Å². The van der Waals surface area contributed by atoms with E-state index >= 15 is 0 Å². The Hall–Kier alpha value is -3.85. The Morgan fingerprint density at radius 2 is 1.94 bits per heavy atom. The summed E-state index contributed by atoms with van der Waals surface area (Å²) in [6.45, 7) is 7.64. The number of esters is 1. The Bertz CT molecular complexity index is 1140. The monoisotopic (exact) mass is 498 g/mol. The second-order valence-electron chi connectivity index (χ2n) is 8.58. The molecule has 2 aliphatic rings. The number of benzene rings is 1. The number of piperazine rings is 1. The molecule has 35 heavy (non-hydrogen) atoms. The SMILES string of the molecule is COC(=O)/C=C1/S/C(=N\N=Cc2ccc(N3CCN(C(=O)OC(C)(C)C)CC3)c(C#N)c2)NC1=O. The lowest BCUT2D eigenvalue weighted by molar-refractivity contribution is -0.135. The number of methoxy groups -OCH3 is 1. The number of ether oxygens (including phenoxy) is 2. The van der Waals surface area contributed by atoms with Crippen LogP contribution >= 0.6 is 11.8 Å². The van der Waals surface area contributed by atoms with Crippen molar-refractivity contribution in [3.05, 3.63) is 40.3 Å². The molecule has 0 saturated carbocycles. The Labute approximate surface area is 207 Å². The molecule has 2 saturated heterocycles. The van der Waals surface area contributed by atoms with Crippen LogP contribution in [0.1, 0.15) is 31.9 Å². The van der Waals surface area contributed by atoms with Gasteiger partial charge in [-0.25, -0.2) is 9.59 Å². The van der Waals surface area contributed by atoms with Crippen LogP contribution < -0.4 is 10.2 Å². The van der Waals surface area contributed by atoms with Crippen molar-refractivity contribution in [1.82, 2.24) is 10.2 Å². The Morgan fingerprint density at radius 1 is 1.23 bits per heavy atom. The number of carbonyl (C=O) groups is 3. The number of hydrogen-bond donors (Lipinski definition) is 1. The van der Waals surface area contributed by atoms with Crippen molar-refractivity contribution in [3.63, 3.8) is 0 Å². The molecule has 12 heteroatoms. The van der Waals surface area contributed by atoms with Crippen LogP contribution in [0.5, 0.6) is 0 Å². The largest absolute Gasteiger partial charge is 0.466 e. The molecule has 0 aliphatic carbocycles. The number of amidine groups is 1. The van der Waals surface area contributed by atoms with E-state index in [0.717, 1.165) is 23.5 Å². The zero-order valence-corrected chi connectivity index (χ0v) is 20.7. The van der Waals surface area contributed by atoms with Crippen LogP contribution in [0.2, 0.25) is 0 Å². The van der Waals surface area contributed by atoms with Crippen molar-refractivity contribution in [3.8, 4) is 6.07 Å². The predicted molar refractivity (Wildman–Crippen MR) is 132 cm³/mol. The van der Waals surface area contributed by atoms with Gasteiger partial charge in [0.15, 0.2) is 5.17 Å². The number of amides is 2. The molecule has 0 unspecified atom stereocenters. The van der Waals surface area contributed by atoms with Gasteiger partial charge < -0.3 is 19.3 Å². The van der Waals surface area contributed by atoms with E-state index in [1.54, 1.807) is 11.0 Å². The third-order valence-corrected chi connectivity index (χ3v) is 5.77. The summed E-state index contributed by atoms with van der Waals surface area (Å²) in [4.78, 5) is 39.3. The minimum Gasteiger partial charge on any atom is -0.466 e. The van der Waals surface area contributed by atoms with E-state index in [0.29, 0.717) is 37.3 Å². The summed E-state index contributed by atoms with van der Waals surface area (Å²) >= 11 is 0.971. The molecule has 1 N–H and O–H groups in total. The van der Waals surface area contributed by atoms with Crippen molar-refractivity contribution < 1.29 is 23.9 Å². The molecule has 2 heterocycles. The highest BCUT2D eigenvalue weighted by Crippen LogP contribution is 2.25. The molecule has 0 atom stereocenters. The van der Waals surface area contributed by atoms with Gasteiger partial charge in [0.2, 0.25) is 0 Å². The quantitative estimate of drug-likeness (QED) is 0.289. The van der Waals surface area contributed by atoms with Crippen LogP contribution in [0.3, 0.4) is 0 Å². The zero-order valence-electron chi connectivity index (χ0n) is 19.9. The molecule has 2 amide bonds. The third-order valence-electron chi connectivity index (χ3n) is 4.87. The molecule has 3 rings (SSSR count). The molecule has 1 aromatic rings. The van der Waals surface area contributed by atoms with E-state index in [9.17, 15) is 19.6 Å². The maximum absolute atomic E-state index is 12.3. The Morgan fingerprint density at radius 3 is 2.57 bits per heavy atom. The zero-order chi connectivity index (χ0) is 25.6. The van der Waals surface area contributed by atoms with Gasteiger partial charge in [-0.1, -0.05) is 6.07 Å². The molecule has 1 aromatic carbocycles. The van der Waals surface area contributed by atoms with E-state index in [-0.39, 0.29) is 16.2 Å². The van der Waals surface area contributed by atoms with Gasteiger partial charge in [0.05, 0.1) is 29.5 Å². The summed E-state index contributed by atoms with van der Waals surface area (Å²) in [6, 6.07) is 7.55. The van der Waals surface area contributed by atoms with Crippen molar-refractivity contribution >= 4 is 46.8 Å². The van der Waals surface area contributed by atoms with Gasteiger partial charge in [-0.2, -0.15) is 10.4 Å². The number of nitriles is 1. The number of hydrogen-bond acceptors (Lipinski definition) is 10. The third kappa shape index (κ3) is 7.07. The fourth-order valence-electron chi connectivity index (χ4n) is 3.24. The number of rotatable bonds is 4. The number of thioether (sulfide) groups is 1. The maximum Gasteiger partial charge on any atom is 0.410 e. The van der Waals surface area contributed by atoms with Gasteiger partial charge in [-0.15, -0.1) is 5.10 Å².